The molecular weight excluding hydrogens is 370 g/mol. The Kier molecular flexibility index (Phi) is 8.88. The van der Waals surface area contributed by atoms with E-state index in [4.69, 9.17) is 0 Å². The first-order valence-corrected chi connectivity index (χ1v) is 11.5. The van der Waals surface area contributed by atoms with Crippen LogP contribution in [0.4, 0.5) is 0 Å². The van der Waals surface area contributed by atoms with Crippen molar-refractivity contribution in [3.8, 4) is 22.6 Å². The molecule has 0 aliphatic rings. The van der Waals surface area contributed by atoms with Gasteiger partial charge in [0.05, 0.1) is 6.20 Å². The van der Waals surface area contributed by atoms with Gasteiger partial charge in [-0.1, -0.05) is 39.5 Å². The highest BCUT2D eigenvalue weighted by Gasteiger charge is 2.09. The Balaban J connectivity index is 1.56. The minimum atomic E-state index is 0.666. The molecule has 0 saturated carbocycles. The maximum Gasteiger partial charge on any atom is 0.182 e. The highest BCUT2D eigenvalue weighted by atomic mass is 15.2. The number of aryl methyl sites for hydroxylation is 2. The molecule has 3 heterocycles. The lowest BCUT2D eigenvalue weighted by atomic mass is 10.2. The van der Waals surface area contributed by atoms with Crippen LogP contribution in [-0.4, -0.2) is 15.2 Å². The van der Waals surface area contributed by atoms with Gasteiger partial charge in [-0.05, 0) is 12.8 Å². The Morgan fingerprint density at radius 2 is 1.17 bits per heavy atom. The van der Waals surface area contributed by atoms with Crippen molar-refractivity contribution in [2.75, 3.05) is 0 Å². The molecule has 3 aromatic heterocycles. The molecule has 0 radical (unpaired) electrons. The summed E-state index contributed by atoms with van der Waals surface area (Å²) in [6.45, 7) is 6.61. The quantitative estimate of drug-likeness (QED) is 0.317. The Morgan fingerprint density at radius 1 is 0.633 bits per heavy atom. The van der Waals surface area contributed by atoms with Gasteiger partial charge in [0.25, 0.3) is 0 Å². The van der Waals surface area contributed by atoms with Crippen molar-refractivity contribution < 1.29 is 9.13 Å². The predicted octanol–water partition coefficient (Wildman–Crippen LogP) is 4.94. The van der Waals surface area contributed by atoms with Crippen molar-refractivity contribution in [1.29, 1.82) is 0 Å². The van der Waals surface area contributed by atoms with Crippen LogP contribution in [-0.2, 0) is 13.1 Å². The van der Waals surface area contributed by atoms with Gasteiger partial charge in [0.1, 0.15) is 18.8 Å². The highest BCUT2D eigenvalue weighted by Crippen LogP contribution is 2.16. The van der Waals surface area contributed by atoms with Gasteiger partial charge < -0.3 is 0 Å². The van der Waals surface area contributed by atoms with Crippen LogP contribution in [0.2, 0.25) is 0 Å². The van der Waals surface area contributed by atoms with E-state index in [1.54, 1.807) is 0 Å². The number of unbranched alkanes of at least 4 members (excludes halogenated alkanes) is 6. The summed E-state index contributed by atoms with van der Waals surface area (Å²) in [6, 6.07) is 8.32. The summed E-state index contributed by atoms with van der Waals surface area (Å²) in [4.78, 5) is 4.54. The van der Waals surface area contributed by atoms with Crippen LogP contribution >= 0.6 is 0 Å². The molecule has 0 fully saturated rings. The zero-order chi connectivity index (χ0) is 21.0. The van der Waals surface area contributed by atoms with Gasteiger partial charge in [0, 0.05) is 48.2 Å². The molecule has 3 rings (SSSR count). The third-order valence-corrected chi connectivity index (χ3v) is 5.44. The topological polar surface area (TPSA) is 46.4 Å². The number of aromatic nitrogens is 5. The zero-order valence-electron chi connectivity index (χ0n) is 18.5. The molecule has 0 aliphatic heterocycles. The van der Waals surface area contributed by atoms with Crippen molar-refractivity contribution in [2.45, 2.75) is 78.3 Å². The first-order valence-electron chi connectivity index (χ1n) is 11.5. The van der Waals surface area contributed by atoms with E-state index in [2.05, 4.69) is 87.2 Å². The van der Waals surface area contributed by atoms with Crippen molar-refractivity contribution >= 4 is 0 Å². The van der Waals surface area contributed by atoms with E-state index < -0.39 is 0 Å². The highest BCUT2D eigenvalue weighted by molar-refractivity contribution is 5.58. The fraction of sp³-hybridized carbons (Fsp3) is 0.480. The van der Waals surface area contributed by atoms with Gasteiger partial charge in [-0.3, -0.25) is 0 Å². The van der Waals surface area contributed by atoms with Gasteiger partial charge in [0.15, 0.2) is 30.6 Å². The van der Waals surface area contributed by atoms with Crippen LogP contribution in [0, 0.1) is 0 Å². The van der Waals surface area contributed by atoms with Crippen LogP contribution in [0.5, 0.6) is 0 Å². The SMILES string of the molecule is CCCCCC[n+]1ccc(-c2cnc(-c3cc[n+](CCCCCC)cc3)nn2)cc1. The summed E-state index contributed by atoms with van der Waals surface area (Å²) in [5.41, 5.74) is 2.85. The maximum absolute atomic E-state index is 4.54. The third-order valence-electron chi connectivity index (χ3n) is 5.44. The Hall–Kier alpha value is -2.69. The molecule has 0 aliphatic carbocycles. The summed E-state index contributed by atoms with van der Waals surface area (Å²) in [7, 11) is 0. The lowest BCUT2D eigenvalue weighted by molar-refractivity contribution is -0.697. The van der Waals surface area contributed by atoms with E-state index in [0.717, 1.165) is 29.9 Å². The normalized spacial score (nSPS) is 11.0. The van der Waals surface area contributed by atoms with Gasteiger partial charge in [-0.2, -0.15) is 0 Å². The Labute approximate surface area is 180 Å². The van der Waals surface area contributed by atoms with E-state index in [1.165, 1.54) is 51.4 Å². The summed E-state index contributed by atoms with van der Waals surface area (Å²) >= 11 is 0. The van der Waals surface area contributed by atoms with E-state index in [0.29, 0.717) is 5.82 Å². The molecule has 0 unspecified atom stereocenters. The van der Waals surface area contributed by atoms with Crippen LogP contribution in [0.3, 0.4) is 0 Å². The first-order chi connectivity index (χ1) is 14.8. The molecule has 0 bridgehead atoms. The third kappa shape index (κ3) is 6.68. The predicted molar refractivity (Wildman–Crippen MR) is 119 cm³/mol. The minimum Gasteiger partial charge on any atom is -0.233 e. The number of pyridine rings is 2. The zero-order valence-corrected chi connectivity index (χ0v) is 18.5. The summed E-state index contributed by atoms with van der Waals surface area (Å²) in [5.74, 6) is 0.666. The van der Waals surface area contributed by atoms with E-state index in [-0.39, 0.29) is 0 Å². The fourth-order valence-corrected chi connectivity index (χ4v) is 3.51. The molecule has 0 spiro atoms. The van der Waals surface area contributed by atoms with Gasteiger partial charge in [-0.15, -0.1) is 10.2 Å². The smallest absolute Gasteiger partial charge is 0.182 e. The van der Waals surface area contributed by atoms with Crippen molar-refractivity contribution in [3.05, 3.63) is 55.2 Å². The second-order valence-electron chi connectivity index (χ2n) is 7.94. The average Bonchev–Trinajstić information content (AvgIpc) is 2.81. The second-order valence-corrected chi connectivity index (χ2v) is 7.94. The van der Waals surface area contributed by atoms with Crippen LogP contribution < -0.4 is 9.13 Å². The maximum atomic E-state index is 4.54. The average molecular weight is 406 g/mol. The summed E-state index contributed by atoms with van der Waals surface area (Å²) in [5, 5.41) is 8.76. The molecule has 158 valence electrons. The Bertz CT molecular complexity index is 783. The summed E-state index contributed by atoms with van der Waals surface area (Å²) < 4.78 is 4.46. The first kappa shape index (κ1) is 22.0. The van der Waals surface area contributed by atoms with Crippen LogP contribution in [0.1, 0.15) is 65.2 Å². The molecule has 0 aromatic carbocycles. The van der Waals surface area contributed by atoms with Crippen molar-refractivity contribution in [1.82, 2.24) is 15.2 Å². The van der Waals surface area contributed by atoms with E-state index in [9.17, 15) is 0 Å². The monoisotopic (exact) mass is 405 g/mol. The number of nitrogens with zero attached hydrogens (tertiary/aromatic N) is 5. The van der Waals surface area contributed by atoms with Crippen molar-refractivity contribution in [3.63, 3.8) is 0 Å². The molecule has 0 atom stereocenters. The number of hydrogen-bond donors (Lipinski definition) is 0. The summed E-state index contributed by atoms with van der Waals surface area (Å²) in [6.07, 6.45) is 20.5. The van der Waals surface area contributed by atoms with Gasteiger partial charge in [-0.25, -0.2) is 14.1 Å². The second kappa shape index (κ2) is 12.1. The lowest BCUT2D eigenvalue weighted by Gasteiger charge is -2.02. The van der Waals surface area contributed by atoms with Gasteiger partial charge >= 0.3 is 0 Å². The molecule has 5 heteroatoms. The molecule has 30 heavy (non-hydrogen) atoms. The number of rotatable bonds is 12. The largest absolute Gasteiger partial charge is 0.233 e. The van der Waals surface area contributed by atoms with E-state index >= 15 is 0 Å². The molecule has 5 nitrogen and oxygen atoms in total. The number of hydrogen-bond acceptors (Lipinski definition) is 3. The molecule has 0 amide bonds. The fourth-order valence-electron chi connectivity index (χ4n) is 3.51. The standard InChI is InChI=1S/C25H35N5/c1-3-5-7-9-15-29-17-11-22(12-18-29)24-21-26-25(28-27-24)23-13-19-30(20-14-23)16-10-8-6-4-2/h11-14,17-21H,3-10,15-16H2,1-2H3/q+2. The molecule has 0 N–H and O–H groups in total. The van der Waals surface area contributed by atoms with Crippen molar-refractivity contribution in [2.24, 2.45) is 0 Å². The van der Waals surface area contributed by atoms with Gasteiger partial charge in [0.2, 0.25) is 0 Å². The van der Waals surface area contributed by atoms with E-state index in [1.807, 2.05) is 6.20 Å². The molecule has 3 aromatic rings. The minimum absolute atomic E-state index is 0.666. The van der Waals surface area contributed by atoms with Crippen LogP contribution in [0.25, 0.3) is 22.6 Å². The van der Waals surface area contributed by atoms with Crippen LogP contribution in [0.15, 0.2) is 55.2 Å². The molecule has 0 saturated heterocycles. The molecular formula is C25H35N5+2. The lowest BCUT2D eigenvalue weighted by Crippen LogP contribution is -2.32. The Morgan fingerprint density at radius 3 is 1.63 bits per heavy atom.